The Labute approximate surface area is 140 Å². The number of amides is 1. The van der Waals surface area contributed by atoms with E-state index < -0.39 is 5.97 Å². The molecule has 6 heteroatoms. The summed E-state index contributed by atoms with van der Waals surface area (Å²) in [6.45, 7) is 2.56. The van der Waals surface area contributed by atoms with E-state index in [0.717, 1.165) is 5.56 Å². The molecular weight excluding hydrogens is 310 g/mol. The van der Waals surface area contributed by atoms with Crippen molar-refractivity contribution in [2.24, 2.45) is 0 Å². The third-order valence-corrected chi connectivity index (χ3v) is 3.20. The van der Waals surface area contributed by atoms with Crippen molar-refractivity contribution in [3.63, 3.8) is 0 Å². The summed E-state index contributed by atoms with van der Waals surface area (Å²) in [4.78, 5) is 22.6. The zero-order valence-electron chi connectivity index (χ0n) is 13.3. The highest BCUT2D eigenvalue weighted by Gasteiger charge is 2.07. The molecule has 0 bridgehead atoms. The number of nitrogens with one attached hydrogen (secondary N) is 1. The first kappa shape index (κ1) is 17.3. The molecule has 6 nitrogen and oxygen atoms in total. The Bertz CT molecular complexity index is 697. The quantitative estimate of drug-likeness (QED) is 0.777. The number of carbonyl (C=O) groups excluding carboxylic acids is 1. The van der Waals surface area contributed by atoms with E-state index in [1.165, 1.54) is 12.1 Å². The summed E-state index contributed by atoms with van der Waals surface area (Å²) in [5.74, 6) is -0.145. The molecule has 0 unspecified atom stereocenters. The van der Waals surface area contributed by atoms with E-state index in [1.54, 1.807) is 30.3 Å². The Kier molecular flexibility index (Phi) is 6.19. The van der Waals surface area contributed by atoms with Crippen molar-refractivity contribution in [3.8, 4) is 11.5 Å². The maximum absolute atomic E-state index is 11.9. The van der Waals surface area contributed by atoms with Gasteiger partial charge in [-0.3, -0.25) is 4.79 Å². The van der Waals surface area contributed by atoms with Crippen molar-refractivity contribution >= 4 is 11.9 Å². The maximum Gasteiger partial charge on any atom is 0.335 e. The second kappa shape index (κ2) is 8.57. The lowest BCUT2D eigenvalue weighted by atomic mass is 10.1. The fraction of sp³-hybridized carbons (Fsp3) is 0.222. The van der Waals surface area contributed by atoms with Crippen molar-refractivity contribution < 1.29 is 24.2 Å². The van der Waals surface area contributed by atoms with Crippen LogP contribution in [0.25, 0.3) is 0 Å². The molecule has 0 aliphatic carbocycles. The van der Waals surface area contributed by atoms with Crippen LogP contribution in [-0.2, 0) is 11.3 Å². The zero-order chi connectivity index (χ0) is 17.4. The van der Waals surface area contributed by atoms with Crippen LogP contribution in [0.1, 0.15) is 22.8 Å². The number of aromatic carboxylic acids is 1. The van der Waals surface area contributed by atoms with Crippen molar-refractivity contribution in [3.05, 3.63) is 59.7 Å². The lowest BCUT2D eigenvalue weighted by molar-refractivity contribution is -0.123. The van der Waals surface area contributed by atoms with Gasteiger partial charge in [0.15, 0.2) is 18.1 Å². The first-order valence-corrected chi connectivity index (χ1v) is 7.53. The molecule has 0 atom stereocenters. The molecular formula is C18H19NO5. The molecule has 0 saturated carbocycles. The SMILES string of the molecule is CCOc1ccccc1OCC(=O)NCc1ccc(C(=O)O)cc1. The Morgan fingerprint density at radius 3 is 2.21 bits per heavy atom. The van der Waals surface area contributed by atoms with Gasteiger partial charge in [-0.25, -0.2) is 4.79 Å². The largest absolute Gasteiger partial charge is 0.490 e. The van der Waals surface area contributed by atoms with Gasteiger partial charge in [0.05, 0.1) is 12.2 Å². The highest BCUT2D eigenvalue weighted by atomic mass is 16.5. The minimum absolute atomic E-state index is 0.128. The second-order valence-electron chi connectivity index (χ2n) is 4.95. The lowest BCUT2D eigenvalue weighted by Gasteiger charge is -2.11. The van der Waals surface area contributed by atoms with Crippen molar-refractivity contribution in [1.82, 2.24) is 5.32 Å². The van der Waals surface area contributed by atoms with Crippen molar-refractivity contribution in [2.45, 2.75) is 13.5 Å². The van der Waals surface area contributed by atoms with Crippen LogP contribution in [0, 0.1) is 0 Å². The Morgan fingerprint density at radius 2 is 1.62 bits per heavy atom. The average Bonchev–Trinajstić information content (AvgIpc) is 2.60. The molecule has 0 aliphatic rings. The van der Waals surface area contributed by atoms with Crippen molar-refractivity contribution in [1.29, 1.82) is 0 Å². The molecule has 0 heterocycles. The van der Waals surface area contributed by atoms with Crippen LogP contribution in [0.5, 0.6) is 11.5 Å². The summed E-state index contributed by atoms with van der Waals surface area (Å²) >= 11 is 0. The molecule has 0 saturated heterocycles. The van der Waals surface area contributed by atoms with E-state index >= 15 is 0 Å². The van der Waals surface area contributed by atoms with E-state index in [2.05, 4.69) is 5.32 Å². The molecule has 0 spiro atoms. The van der Waals surface area contributed by atoms with Crippen LogP contribution < -0.4 is 14.8 Å². The van der Waals surface area contributed by atoms with Crippen LogP contribution in [0.3, 0.4) is 0 Å². The van der Waals surface area contributed by atoms with Crippen LogP contribution in [-0.4, -0.2) is 30.2 Å². The minimum Gasteiger partial charge on any atom is -0.490 e. The third-order valence-electron chi connectivity index (χ3n) is 3.20. The van der Waals surface area contributed by atoms with Gasteiger partial charge >= 0.3 is 5.97 Å². The molecule has 126 valence electrons. The average molecular weight is 329 g/mol. The molecule has 2 N–H and O–H groups in total. The van der Waals surface area contributed by atoms with Gasteiger partial charge in [-0.1, -0.05) is 24.3 Å². The van der Waals surface area contributed by atoms with Gasteiger partial charge in [0.1, 0.15) is 0 Å². The molecule has 1 amide bonds. The predicted molar refractivity (Wildman–Crippen MR) is 88.4 cm³/mol. The second-order valence-corrected chi connectivity index (χ2v) is 4.95. The van der Waals surface area contributed by atoms with Gasteiger partial charge < -0.3 is 19.9 Å². The molecule has 24 heavy (non-hydrogen) atoms. The van der Waals surface area contributed by atoms with Crippen LogP contribution in [0.15, 0.2) is 48.5 Å². The summed E-state index contributed by atoms with van der Waals surface area (Å²) in [6.07, 6.45) is 0. The summed E-state index contributed by atoms with van der Waals surface area (Å²) in [6, 6.07) is 13.5. The number of hydrogen-bond acceptors (Lipinski definition) is 4. The fourth-order valence-corrected chi connectivity index (χ4v) is 2.00. The molecule has 0 aliphatic heterocycles. The van der Waals surface area contributed by atoms with Crippen LogP contribution >= 0.6 is 0 Å². The molecule has 0 fully saturated rings. The number of hydrogen-bond donors (Lipinski definition) is 2. The number of carboxylic acid groups (broad SMARTS) is 1. The summed E-state index contributed by atoms with van der Waals surface area (Å²) in [5, 5.41) is 11.6. The smallest absolute Gasteiger partial charge is 0.335 e. The number of para-hydroxylation sites is 2. The number of rotatable bonds is 8. The lowest BCUT2D eigenvalue weighted by Crippen LogP contribution is -2.28. The predicted octanol–water partition coefficient (Wildman–Crippen LogP) is 2.48. The zero-order valence-corrected chi connectivity index (χ0v) is 13.3. The fourth-order valence-electron chi connectivity index (χ4n) is 2.00. The number of carbonyl (C=O) groups is 2. The standard InChI is InChI=1S/C18H19NO5/c1-2-23-15-5-3-4-6-16(15)24-12-17(20)19-11-13-7-9-14(10-8-13)18(21)22/h3-10H,2,11-12H2,1H3,(H,19,20)(H,21,22). The summed E-state index contributed by atoms with van der Waals surface area (Å²) in [5.41, 5.74) is 1.02. The van der Waals surface area contributed by atoms with Gasteiger partial charge in [0.25, 0.3) is 5.91 Å². The van der Waals surface area contributed by atoms with Gasteiger partial charge in [-0.2, -0.15) is 0 Å². The van der Waals surface area contributed by atoms with Gasteiger partial charge in [-0.05, 0) is 36.8 Å². The Balaban J connectivity index is 1.82. The first-order chi connectivity index (χ1) is 11.6. The van der Waals surface area contributed by atoms with Gasteiger partial charge in [-0.15, -0.1) is 0 Å². The highest BCUT2D eigenvalue weighted by Crippen LogP contribution is 2.26. The molecule has 2 aromatic rings. The van der Waals surface area contributed by atoms with Crippen LogP contribution in [0.4, 0.5) is 0 Å². The van der Waals surface area contributed by atoms with E-state index in [1.807, 2.05) is 13.0 Å². The number of carboxylic acids is 1. The normalized spacial score (nSPS) is 10.0. The Hall–Kier alpha value is -3.02. The van der Waals surface area contributed by atoms with Crippen molar-refractivity contribution in [2.75, 3.05) is 13.2 Å². The maximum atomic E-state index is 11.9. The van der Waals surface area contributed by atoms with E-state index in [4.69, 9.17) is 14.6 Å². The van der Waals surface area contributed by atoms with E-state index in [0.29, 0.717) is 24.7 Å². The third kappa shape index (κ3) is 5.01. The van der Waals surface area contributed by atoms with Gasteiger partial charge in [0.2, 0.25) is 0 Å². The monoisotopic (exact) mass is 329 g/mol. The van der Waals surface area contributed by atoms with E-state index in [9.17, 15) is 9.59 Å². The number of benzene rings is 2. The molecule has 0 radical (unpaired) electrons. The van der Waals surface area contributed by atoms with E-state index in [-0.39, 0.29) is 18.1 Å². The Morgan fingerprint density at radius 1 is 1.00 bits per heavy atom. The molecule has 0 aromatic heterocycles. The first-order valence-electron chi connectivity index (χ1n) is 7.53. The topological polar surface area (TPSA) is 84.9 Å². The van der Waals surface area contributed by atoms with Gasteiger partial charge in [0, 0.05) is 6.54 Å². The summed E-state index contributed by atoms with van der Waals surface area (Å²) < 4.78 is 10.9. The molecule has 2 rings (SSSR count). The van der Waals surface area contributed by atoms with Crippen LogP contribution in [0.2, 0.25) is 0 Å². The number of ether oxygens (including phenoxy) is 2. The highest BCUT2D eigenvalue weighted by molar-refractivity contribution is 5.87. The minimum atomic E-state index is -0.980. The molecule has 2 aromatic carbocycles. The summed E-state index contributed by atoms with van der Waals surface area (Å²) in [7, 11) is 0.